The van der Waals surface area contributed by atoms with Gasteiger partial charge in [-0.25, -0.2) is 9.18 Å². The fourth-order valence-corrected chi connectivity index (χ4v) is 2.93. The molecule has 5 nitrogen and oxygen atoms in total. The molecular weight excluding hydrogens is 333 g/mol. The lowest BCUT2D eigenvalue weighted by Gasteiger charge is -2.18. The molecule has 0 radical (unpaired) electrons. The van der Waals surface area contributed by atoms with Crippen molar-refractivity contribution in [2.75, 3.05) is 20.7 Å². The summed E-state index contributed by atoms with van der Waals surface area (Å²) in [5.41, 5.74) is 2.96. The number of hydrogen-bond acceptors (Lipinski definition) is 2. The third-order valence-electron chi connectivity index (χ3n) is 4.33. The molecule has 0 aliphatic carbocycles. The average molecular weight is 355 g/mol. The molecule has 0 saturated heterocycles. The molecule has 2 aromatic carbocycles. The van der Waals surface area contributed by atoms with Crippen molar-refractivity contribution in [3.8, 4) is 5.75 Å². The predicted molar refractivity (Wildman–Crippen MR) is 99.8 cm³/mol. The molecule has 0 spiro atoms. The van der Waals surface area contributed by atoms with Gasteiger partial charge in [0, 0.05) is 37.2 Å². The minimum absolute atomic E-state index is 0.193. The summed E-state index contributed by atoms with van der Waals surface area (Å²) in [6.45, 7) is 0.849. The molecule has 2 N–H and O–H groups in total. The zero-order valence-corrected chi connectivity index (χ0v) is 14.9. The van der Waals surface area contributed by atoms with Crippen LogP contribution < -0.4 is 10.1 Å². The first-order valence-electron chi connectivity index (χ1n) is 8.45. The Morgan fingerprint density at radius 2 is 2.08 bits per heavy atom. The lowest BCUT2D eigenvalue weighted by molar-refractivity contribution is 0.207. The minimum Gasteiger partial charge on any atom is -0.494 e. The Bertz CT molecular complexity index is 907. The Morgan fingerprint density at radius 3 is 2.85 bits per heavy atom. The van der Waals surface area contributed by atoms with Crippen LogP contribution in [0.2, 0.25) is 0 Å². The minimum atomic E-state index is -0.432. The van der Waals surface area contributed by atoms with E-state index in [9.17, 15) is 9.18 Å². The number of nitrogens with zero attached hydrogens (tertiary/aromatic N) is 1. The molecule has 0 aliphatic rings. The maximum atomic E-state index is 13.7. The second-order valence-electron chi connectivity index (χ2n) is 6.17. The van der Waals surface area contributed by atoms with E-state index in [-0.39, 0.29) is 11.8 Å². The molecule has 26 heavy (non-hydrogen) atoms. The van der Waals surface area contributed by atoms with Gasteiger partial charge in [-0.2, -0.15) is 0 Å². The summed E-state index contributed by atoms with van der Waals surface area (Å²) in [7, 11) is 3.11. The van der Waals surface area contributed by atoms with Crippen LogP contribution in [0.1, 0.15) is 11.1 Å². The van der Waals surface area contributed by atoms with Crippen LogP contribution in [0, 0.1) is 5.82 Å². The summed E-state index contributed by atoms with van der Waals surface area (Å²) in [5.74, 6) is -0.238. The van der Waals surface area contributed by atoms with Gasteiger partial charge in [-0.1, -0.05) is 24.3 Å². The molecule has 3 aromatic rings. The second kappa shape index (κ2) is 7.91. The van der Waals surface area contributed by atoms with Gasteiger partial charge in [-0.3, -0.25) is 0 Å². The molecule has 6 heteroatoms. The van der Waals surface area contributed by atoms with E-state index < -0.39 is 5.82 Å². The number of aromatic nitrogens is 1. The van der Waals surface area contributed by atoms with E-state index in [0.29, 0.717) is 18.7 Å². The Labute approximate surface area is 151 Å². The first kappa shape index (κ1) is 17.8. The highest BCUT2D eigenvalue weighted by atomic mass is 19.1. The standard InChI is InChI=1S/C20H22FN3O2/c1-24(13-14-7-8-19(26-2)17(21)11-14)20(25)22-10-9-15-12-23-18-6-4-3-5-16(15)18/h3-8,11-12,23H,9-10,13H2,1-2H3,(H,22,25). The number of hydrogen-bond donors (Lipinski definition) is 2. The van der Waals surface area contributed by atoms with Crippen LogP contribution in [0.3, 0.4) is 0 Å². The van der Waals surface area contributed by atoms with E-state index in [1.54, 1.807) is 19.2 Å². The fourth-order valence-electron chi connectivity index (χ4n) is 2.93. The number of H-pyrrole nitrogens is 1. The zero-order chi connectivity index (χ0) is 18.5. The van der Waals surface area contributed by atoms with E-state index in [1.165, 1.54) is 29.0 Å². The van der Waals surface area contributed by atoms with E-state index >= 15 is 0 Å². The Kier molecular flexibility index (Phi) is 5.41. The number of ether oxygens (including phenoxy) is 1. The molecule has 0 fully saturated rings. The zero-order valence-electron chi connectivity index (χ0n) is 14.9. The number of fused-ring (bicyclic) bond motifs is 1. The van der Waals surface area contributed by atoms with Gasteiger partial charge in [0.15, 0.2) is 11.6 Å². The maximum absolute atomic E-state index is 13.7. The number of urea groups is 1. The normalized spacial score (nSPS) is 10.7. The molecule has 136 valence electrons. The number of carbonyl (C=O) groups excluding carboxylic acids is 1. The van der Waals surface area contributed by atoms with Crippen molar-refractivity contribution in [1.29, 1.82) is 0 Å². The number of carbonyl (C=O) groups is 1. The fraction of sp³-hybridized carbons (Fsp3) is 0.250. The molecule has 0 unspecified atom stereocenters. The van der Waals surface area contributed by atoms with Gasteiger partial charge in [-0.05, 0) is 35.7 Å². The summed E-state index contributed by atoms with van der Waals surface area (Å²) in [6, 6.07) is 12.6. The van der Waals surface area contributed by atoms with E-state index in [2.05, 4.69) is 16.4 Å². The number of nitrogens with one attached hydrogen (secondary N) is 2. The Balaban J connectivity index is 1.52. The topological polar surface area (TPSA) is 57.4 Å². The van der Waals surface area contributed by atoms with Crippen LogP contribution in [0.4, 0.5) is 9.18 Å². The molecule has 3 rings (SSSR count). The summed E-state index contributed by atoms with van der Waals surface area (Å²) in [4.78, 5) is 17.0. The number of para-hydroxylation sites is 1. The van der Waals surface area contributed by atoms with E-state index in [1.807, 2.05) is 24.4 Å². The SMILES string of the molecule is COc1ccc(CN(C)C(=O)NCCc2c[nH]c3ccccc23)cc1F. The van der Waals surface area contributed by atoms with Gasteiger partial charge in [0.2, 0.25) is 0 Å². The Hall–Kier alpha value is -3.02. The number of amides is 2. The number of rotatable bonds is 6. The number of halogens is 1. The highest BCUT2D eigenvalue weighted by Gasteiger charge is 2.11. The van der Waals surface area contributed by atoms with Crippen LogP contribution in [0.5, 0.6) is 5.75 Å². The van der Waals surface area contributed by atoms with Crippen molar-refractivity contribution in [2.24, 2.45) is 0 Å². The van der Waals surface area contributed by atoms with Crippen molar-refractivity contribution in [2.45, 2.75) is 13.0 Å². The highest BCUT2D eigenvalue weighted by Crippen LogP contribution is 2.19. The average Bonchev–Trinajstić information content (AvgIpc) is 3.05. The molecule has 0 bridgehead atoms. The molecule has 2 amide bonds. The summed E-state index contributed by atoms with van der Waals surface area (Å²) >= 11 is 0. The molecule has 1 aromatic heterocycles. The quantitative estimate of drug-likeness (QED) is 0.708. The largest absolute Gasteiger partial charge is 0.494 e. The summed E-state index contributed by atoms with van der Waals surface area (Å²) in [5, 5.41) is 4.07. The van der Waals surface area contributed by atoms with Crippen LogP contribution in [-0.2, 0) is 13.0 Å². The van der Waals surface area contributed by atoms with Gasteiger partial charge in [0.25, 0.3) is 0 Å². The van der Waals surface area contributed by atoms with Crippen LogP contribution in [-0.4, -0.2) is 36.6 Å². The van der Waals surface area contributed by atoms with Crippen LogP contribution >= 0.6 is 0 Å². The first-order valence-corrected chi connectivity index (χ1v) is 8.45. The lowest BCUT2D eigenvalue weighted by Crippen LogP contribution is -2.37. The van der Waals surface area contributed by atoms with Crippen molar-refractivity contribution < 1.29 is 13.9 Å². The number of benzene rings is 2. The molecule has 0 atom stereocenters. The molecule has 1 heterocycles. The van der Waals surface area contributed by atoms with Gasteiger partial charge < -0.3 is 19.9 Å². The third-order valence-corrected chi connectivity index (χ3v) is 4.33. The first-order chi connectivity index (χ1) is 12.6. The predicted octanol–water partition coefficient (Wildman–Crippen LogP) is 3.70. The smallest absolute Gasteiger partial charge is 0.317 e. The van der Waals surface area contributed by atoms with Crippen molar-refractivity contribution >= 4 is 16.9 Å². The lowest BCUT2D eigenvalue weighted by atomic mass is 10.1. The van der Waals surface area contributed by atoms with Gasteiger partial charge in [0.05, 0.1) is 7.11 Å². The van der Waals surface area contributed by atoms with Gasteiger partial charge in [-0.15, -0.1) is 0 Å². The highest BCUT2D eigenvalue weighted by molar-refractivity contribution is 5.83. The van der Waals surface area contributed by atoms with Gasteiger partial charge >= 0.3 is 6.03 Å². The van der Waals surface area contributed by atoms with Crippen LogP contribution in [0.15, 0.2) is 48.7 Å². The van der Waals surface area contributed by atoms with Crippen molar-refractivity contribution in [3.05, 3.63) is 65.6 Å². The summed E-state index contributed by atoms with van der Waals surface area (Å²) in [6.07, 6.45) is 2.71. The van der Waals surface area contributed by atoms with Crippen molar-refractivity contribution in [3.63, 3.8) is 0 Å². The maximum Gasteiger partial charge on any atom is 0.317 e. The van der Waals surface area contributed by atoms with E-state index in [0.717, 1.165) is 11.9 Å². The summed E-state index contributed by atoms with van der Waals surface area (Å²) < 4.78 is 18.6. The Morgan fingerprint density at radius 1 is 1.27 bits per heavy atom. The third kappa shape index (κ3) is 3.96. The van der Waals surface area contributed by atoms with Crippen LogP contribution in [0.25, 0.3) is 10.9 Å². The van der Waals surface area contributed by atoms with E-state index in [4.69, 9.17) is 4.74 Å². The monoisotopic (exact) mass is 355 g/mol. The van der Waals surface area contributed by atoms with Crippen molar-refractivity contribution in [1.82, 2.24) is 15.2 Å². The second-order valence-corrected chi connectivity index (χ2v) is 6.17. The number of aromatic amines is 1. The number of methoxy groups -OCH3 is 1. The molecule has 0 aliphatic heterocycles. The molecule has 0 saturated carbocycles. The molecular formula is C20H22FN3O2. The van der Waals surface area contributed by atoms with Gasteiger partial charge in [0.1, 0.15) is 0 Å².